The molecule has 0 saturated carbocycles. The van der Waals surface area contributed by atoms with E-state index < -0.39 is 34.6 Å². The molecule has 0 fully saturated rings. The minimum Gasteiger partial charge on any atom is -0.293 e. The Labute approximate surface area is 116 Å². The standard InChI is InChI=1S/C14H8F4OS/c15-8-1-3-9(4-2-8)20-7-12(19)10-5-6-11(16)14(18)13(10)17/h1-6H,7H2. The average molecular weight is 300 g/mol. The molecule has 0 unspecified atom stereocenters. The summed E-state index contributed by atoms with van der Waals surface area (Å²) in [5.41, 5.74) is -0.501. The third-order valence-corrected chi connectivity index (χ3v) is 3.53. The largest absolute Gasteiger partial charge is 0.293 e. The number of rotatable bonds is 4. The number of hydrogen-bond acceptors (Lipinski definition) is 2. The zero-order chi connectivity index (χ0) is 14.7. The summed E-state index contributed by atoms with van der Waals surface area (Å²) in [5.74, 6) is -5.74. The minimum atomic E-state index is -1.66. The maximum absolute atomic E-state index is 13.4. The van der Waals surface area contributed by atoms with E-state index in [1.165, 1.54) is 24.3 Å². The fraction of sp³-hybridized carbons (Fsp3) is 0.0714. The quantitative estimate of drug-likeness (QED) is 0.364. The molecule has 0 aliphatic carbocycles. The molecule has 0 aliphatic rings. The van der Waals surface area contributed by atoms with Gasteiger partial charge in [-0.05, 0) is 36.4 Å². The summed E-state index contributed by atoms with van der Waals surface area (Å²) < 4.78 is 51.8. The van der Waals surface area contributed by atoms with Gasteiger partial charge in [-0.25, -0.2) is 17.6 Å². The van der Waals surface area contributed by atoms with Gasteiger partial charge in [0.1, 0.15) is 5.82 Å². The van der Waals surface area contributed by atoms with Crippen molar-refractivity contribution in [2.75, 3.05) is 5.75 Å². The van der Waals surface area contributed by atoms with Gasteiger partial charge in [0.05, 0.1) is 11.3 Å². The number of hydrogen-bond donors (Lipinski definition) is 0. The van der Waals surface area contributed by atoms with Gasteiger partial charge in [-0.15, -0.1) is 11.8 Å². The van der Waals surface area contributed by atoms with E-state index in [0.29, 0.717) is 11.0 Å². The highest BCUT2D eigenvalue weighted by atomic mass is 32.2. The van der Waals surface area contributed by atoms with Crippen LogP contribution in [0.2, 0.25) is 0 Å². The van der Waals surface area contributed by atoms with Crippen molar-refractivity contribution in [3.8, 4) is 0 Å². The Balaban J connectivity index is 2.09. The van der Waals surface area contributed by atoms with Crippen LogP contribution >= 0.6 is 11.8 Å². The molecule has 0 N–H and O–H groups in total. The zero-order valence-electron chi connectivity index (χ0n) is 10.00. The van der Waals surface area contributed by atoms with Gasteiger partial charge in [-0.2, -0.15) is 0 Å². The second-order valence-corrected chi connectivity index (χ2v) is 4.94. The molecule has 2 aromatic rings. The summed E-state index contributed by atoms with van der Waals surface area (Å²) in [6.07, 6.45) is 0. The summed E-state index contributed by atoms with van der Waals surface area (Å²) in [6.45, 7) is 0. The van der Waals surface area contributed by atoms with Crippen molar-refractivity contribution >= 4 is 17.5 Å². The van der Waals surface area contributed by atoms with Crippen LogP contribution in [0, 0.1) is 23.3 Å². The number of thioether (sulfide) groups is 1. The van der Waals surface area contributed by atoms with Crippen molar-refractivity contribution in [3.05, 3.63) is 65.2 Å². The average Bonchev–Trinajstić information content (AvgIpc) is 2.44. The predicted molar refractivity (Wildman–Crippen MR) is 67.8 cm³/mol. The van der Waals surface area contributed by atoms with Crippen molar-refractivity contribution < 1.29 is 22.4 Å². The third-order valence-electron chi connectivity index (χ3n) is 2.52. The van der Waals surface area contributed by atoms with Crippen LogP contribution in [-0.2, 0) is 0 Å². The van der Waals surface area contributed by atoms with Gasteiger partial charge < -0.3 is 0 Å². The van der Waals surface area contributed by atoms with E-state index in [1.807, 2.05) is 0 Å². The molecule has 0 amide bonds. The van der Waals surface area contributed by atoms with Crippen LogP contribution in [0.4, 0.5) is 17.6 Å². The fourth-order valence-corrected chi connectivity index (χ4v) is 2.28. The smallest absolute Gasteiger partial charge is 0.195 e. The van der Waals surface area contributed by atoms with Crippen LogP contribution in [0.1, 0.15) is 10.4 Å². The van der Waals surface area contributed by atoms with E-state index in [0.717, 1.165) is 17.8 Å². The van der Waals surface area contributed by atoms with E-state index in [-0.39, 0.29) is 5.75 Å². The van der Waals surface area contributed by atoms with Crippen molar-refractivity contribution in [1.29, 1.82) is 0 Å². The summed E-state index contributed by atoms with van der Waals surface area (Å²) in [7, 11) is 0. The lowest BCUT2D eigenvalue weighted by Crippen LogP contribution is -2.08. The minimum absolute atomic E-state index is 0.159. The van der Waals surface area contributed by atoms with Gasteiger partial charge in [0.25, 0.3) is 0 Å². The molecule has 0 spiro atoms. The second-order valence-electron chi connectivity index (χ2n) is 3.89. The SMILES string of the molecule is O=C(CSc1ccc(F)cc1)c1ccc(F)c(F)c1F. The zero-order valence-corrected chi connectivity index (χ0v) is 10.8. The van der Waals surface area contributed by atoms with E-state index in [9.17, 15) is 22.4 Å². The maximum atomic E-state index is 13.4. The topological polar surface area (TPSA) is 17.1 Å². The lowest BCUT2D eigenvalue weighted by atomic mass is 10.1. The molecule has 6 heteroatoms. The number of carbonyl (C=O) groups is 1. The molecule has 0 aromatic heterocycles. The lowest BCUT2D eigenvalue weighted by Gasteiger charge is -2.04. The van der Waals surface area contributed by atoms with Crippen molar-refractivity contribution in [2.45, 2.75) is 4.90 Å². The summed E-state index contributed by atoms with van der Waals surface area (Å²) >= 11 is 1.05. The van der Waals surface area contributed by atoms with Gasteiger partial charge >= 0.3 is 0 Å². The van der Waals surface area contributed by atoms with E-state index in [4.69, 9.17) is 0 Å². The van der Waals surface area contributed by atoms with Crippen molar-refractivity contribution in [3.63, 3.8) is 0 Å². The summed E-state index contributed by atoms with van der Waals surface area (Å²) in [6, 6.07) is 7.00. The van der Waals surface area contributed by atoms with E-state index >= 15 is 0 Å². The van der Waals surface area contributed by atoms with E-state index in [2.05, 4.69) is 0 Å². The normalized spacial score (nSPS) is 10.6. The molecule has 0 saturated heterocycles. The van der Waals surface area contributed by atoms with E-state index in [1.54, 1.807) is 0 Å². The Morgan fingerprint density at radius 3 is 2.20 bits per heavy atom. The van der Waals surface area contributed by atoms with Crippen LogP contribution in [0.25, 0.3) is 0 Å². The predicted octanol–water partition coefficient (Wildman–Crippen LogP) is 4.22. The Kier molecular flexibility index (Phi) is 4.44. The molecule has 104 valence electrons. The molecule has 1 nitrogen and oxygen atoms in total. The highest BCUT2D eigenvalue weighted by Crippen LogP contribution is 2.21. The van der Waals surface area contributed by atoms with Gasteiger partial charge in [-0.3, -0.25) is 4.79 Å². The first-order valence-corrected chi connectivity index (χ1v) is 6.52. The molecule has 0 atom stereocenters. The first kappa shape index (κ1) is 14.6. The Morgan fingerprint density at radius 2 is 1.55 bits per heavy atom. The van der Waals surface area contributed by atoms with Crippen LogP contribution < -0.4 is 0 Å². The number of ketones is 1. The molecule has 0 heterocycles. The molecule has 0 aliphatic heterocycles. The van der Waals surface area contributed by atoms with Gasteiger partial charge in [0.15, 0.2) is 23.2 Å². The first-order chi connectivity index (χ1) is 9.49. The fourth-order valence-electron chi connectivity index (χ4n) is 1.50. The highest BCUT2D eigenvalue weighted by molar-refractivity contribution is 8.00. The summed E-state index contributed by atoms with van der Waals surface area (Å²) in [5, 5.41) is 0. The maximum Gasteiger partial charge on any atom is 0.195 e. The molecular formula is C14H8F4OS. The number of Topliss-reactive ketones (excluding diaryl/α,β-unsaturated/α-hetero) is 1. The van der Waals surface area contributed by atoms with Crippen LogP contribution in [0.3, 0.4) is 0 Å². The second kappa shape index (κ2) is 6.09. The Bertz CT molecular complexity index is 640. The lowest BCUT2D eigenvalue weighted by molar-refractivity contribution is 0.101. The molecule has 20 heavy (non-hydrogen) atoms. The van der Waals surface area contributed by atoms with Crippen LogP contribution in [0.5, 0.6) is 0 Å². The number of halogens is 4. The number of carbonyl (C=O) groups excluding carboxylic acids is 1. The summed E-state index contributed by atoms with van der Waals surface area (Å²) in [4.78, 5) is 12.4. The Morgan fingerprint density at radius 1 is 0.900 bits per heavy atom. The highest BCUT2D eigenvalue weighted by Gasteiger charge is 2.18. The Hall–Kier alpha value is -1.82. The molecule has 2 aromatic carbocycles. The molecule has 0 radical (unpaired) electrons. The van der Waals surface area contributed by atoms with Gasteiger partial charge in [0.2, 0.25) is 0 Å². The van der Waals surface area contributed by atoms with Gasteiger partial charge in [0, 0.05) is 4.90 Å². The van der Waals surface area contributed by atoms with Crippen molar-refractivity contribution in [1.82, 2.24) is 0 Å². The third kappa shape index (κ3) is 3.19. The number of benzene rings is 2. The molecular weight excluding hydrogens is 292 g/mol. The molecule has 0 bridgehead atoms. The van der Waals surface area contributed by atoms with Crippen molar-refractivity contribution in [2.24, 2.45) is 0 Å². The van der Waals surface area contributed by atoms with Gasteiger partial charge in [-0.1, -0.05) is 0 Å². The first-order valence-electron chi connectivity index (χ1n) is 5.54. The van der Waals surface area contributed by atoms with Crippen LogP contribution in [-0.4, -0.2) is 11.5 Å². The monoisotopic (exact) mass is 300 g/mol. The van der Waals surface area contributed by atoms with Crippen LogP contribution in [0.15, 0.2) is 41.3 Å². The molecule has 2 rings (SSSR count).